The van der Waals surface area contributed by atoms with E-state index in [0.717, 1.165) is 6.26 Å². The average Bonchev–Trinajstić information content (AvgIpc) is 2.50. The molecule has 0 aromatic carbocycles. The summed E-state index contributed by atoms with van der Waals surface area (Å²) in [5.41, 5.74) is 0. The SMILES string of the molecule is COCN(C(=O)C(c1nc(OC)cc(OC)n1)C(C)C)S(C)(=O)=O. The van der Waals surface area contributed by atoms with E-state index >= 15 is 0 Å². The summed E-state index contributed by atoms with van der Waals surface area (Å²) in [6.45, 7) is 3.15. The second kappa shape index (κ2) is 8.25. The molecule has 1 unspecified atom stereocenters. The maximum Gasteiger partial charge on any atom is 0.249 e. The number of methoxy groups -OCH3 is 3. The van der Waals surface area contributed by atoms with Crippen molar-refractivity contribution in [3.63, 3.8) is 0 Å². The second-order valence-electron chi connectivity index (χ2n) is 5.40. The standard InChI is InChI=1S/C14H23N3O6S/c1-9(2)12(14(18)17(8-21-3)24(6,19)20)13-15-10(22-4)7-11(16-13)23-5/h7,9,12H,8H2,1-6H3. The molecule has 0 saturated carbocycles. The third-order valence-corrected chi connectivity index (χ3v) is 4.30. The monoisotopic (exact) mass is 361 g/mol. The lowest BCUT2D eigenvalue weighted by Gasteiger charge is -2.26. The second-order valence-corrected chi connectivity index (χ2v) is 7.31. The number of ether oxygens (including phenoxy) is 3. The van der Waals surface area contributed by atoms with E-state index in [-0.39, 0.29) is 30.2 Å². The molecule has 0 N–H and O–H groups in total. The minimum atomic E-state index is -3.80. The highest BCUT2D eigenvalue weighted by molar-refractivity contribution is 7.88. The summed E-state index contributed by atoms with van der Waals surface area (Å²) in [5, 5.41) is 0. The first kappa shape index (κ1) is 20.1. The molecular weight excluding hydrogens is 338 g/mol. The van der Waals surface area contributed by atoms with Crippen LogP contribution in [0.25, 0.3) is 0 Å². The molecule has 0 spiro atoms. The summed E-state index contributed by atoms with van der Waals surface area (Å²) in [4.78, 5) is 21.2. The Balaban J connectivity index is 3.40. The number of amides is 1. The first-order valence-corrected chi connectivity index (χ1v) is 8.98. The molecule has 1 aromatic heterocycles. The van der Waals surface area contributed by atoms with Crippen molar-refractivity contribution in [3.05, 3.63) is 11.9 Å². The molecule has 1 rings (SSSR count). The summed E-state index contributed by atoms with van der Waals surface area (Å²) in [6, 6.07) is 1.47. The molecule has 136 valence electrons. The third kappa shape index (κ3) is 4.78. The Morgan fingerprint density at radius 3 is 2.00 bits per heavy atom. The summed E-state index contributed by atoms with van der Waals surface area (Å²) >= 11 is 0. The summed E-state index contributed by atoms with van der Waals surface area (Å²) in [6.07, 6.45) is 0.939. The van der Waals surface area contributed by atoms with Crippen LogP contribution in [-0.2, 0) is 19.6 Å². The molecule has 1 amide bonds. The summed E-state index contributed by atoms with van der Waals surface area (Å²) < 4.78 is 39.5. The molecule has 0 bridgehead atoms. The third-order valence-electron chi connectivity index (χ3n) is 3.22. The molecule has 1 atom stereocenters. The fourth-order valence-corrected chi connectivity index (χ4v) is 2.80. The van der Waals surface area contributed by atoms with Crippen molar-refractivity contribution in [2.75, 3.05) is 34.3 Å². The number of hydrogen-bond acceptors (Lipinski definition) is 8. The number of carbonyl (C=O) groups is 1. The fraction of sp³-hybridized carbons (Fsp3) is 0.643. The first-order valence-electron chi connectivity index (χ1n) is 7.13. The minimum Gasteiger partial charge on any atom is -0.481 e. The van der Waals surface area contributed by atoms with Gasteiger partial charge in [0.15, 0.2) is 0 Å². The highest BCUT2D eigenvalue weighted by atomic mass is 32.2. The van der Waals surface area contributed by atoms with Crippen molar-refractivity contribution in [2.45, 2.75) is 19.8 Å². The number of carbonyl (C=O) groups excluding carboxylic acids is 1. The van der Waals surface area contributed by atoms with Crippen LogP contribution in [-0.4, -0.2) is 62.9 Å². The zero-order valence-corrected chi connectivity index (χ0v) is 15.5. The fourth-order valence-electron chi connectivity index (χ4n) is 2.06. The van der Waals surface area contributed by atoms with E-state index in [4.69, 9.17) is 14.2 Å². The van der Waals surface area contributed by atoms with Gasteiger partial charge in [-0.05, 0) is 5.92 Å². The van der Waals surface area contributed by atoms with Gasteiger partial charge >= 0.3 is 0 Å². The smallest absolute Gasteiger partial charge is 0.249 e. The number of aromatic nitrogens is 2. The predicted octanol–water partition coefficient (Wildman–Crippen LogP) is 0.625. The molecule has 24 heavy (non-hydrogen) atoms. The van der Waals surface area contributed by atoms with Crippen LogP contribution in [0.1, 0.15) is 25.6 Å². The topological polar surface area (TPSA) is 108 Å². The Morgan fingerprint density at radius 1 is 1.17 bits per heavy atom. The normalized spacial score (nSPS) is 12.8. The summed E-state index contributed by atoms with van der Waals surface area (Å²) in [7, 11) is 0.347. The van der Waals surface area contributed by atoms with E-state index in [1.807, 2.05) is 0 Å². The lowest BCUT2D eigenvalue weighted by molar-refractivity contribution is -0.132. The lowest BCUT2D eigenvalue weighted by Crippen LogP contribution is -2.42. The van der Waals surface area contributed by atoms with E-state index in [1.54, 1.807) is 13.8 Å². The van der Waals surface area contributed by atoms with Gasteiger partial charge in [0.2, 0.25) is 27.7 Å². The molecule has 0 aliphatic heterocycles. The van der Waals surface area contributed by atoms with Gasteiger partial charge in [0.05, 0.1) is 26.5 Å². The van der Waals surface area contributed by atoms with Gasteiger partial charge in [-0.15, -0.1) is 0 Å². The average molecular weight is 361 g/mol. The minimum absolute atomic E-state index is 0.121. The van der Waals surface area contributed by atoms with Crippen LogP contribution in [0.5, 0.6) is 11.8 Å². The summed E-state index contributed by atoms with van der Waals surface area (Å²) in [5.74, 6) is -1.30. The van der Waals surface area contributed by atoms with Gasteiger partial charge in [0.25, 0.3) is 0 Å². The van der Waals surface area contributed by atoms with E-state index in [1.165, 1.54) is 27.4 Å². The van der Waals surface area contributed by atoms with Crippen molar-refractivity contribution in [1.82, 2.24) is 14.3 Å². The maximum atomic E-state index is 12.8. The molecule has 1 heterocycles. The van der Waals surface area contributed by atoms with E-state index < -0.39 is 21.8 Å². The van der Waals surface area contributed by atoms with Crippen LogP contribution in [0.2, 0.25) is 0 Å². The molecule has 0 fully saturated rings. The Bertz CT molecular complexity index is 655. The molecule has 1 aromatic rings. The van der Waals surface area contributed by atoms with E-state index in [9.17, 15) is 13.2 Å². The predicted molar refractivity (Wildman–Crippen MR) is 86.3 cm³/mol. The highest BCUT2D eigenvalue weighted by Gasteiger charge is 2.35. The Kier molecular flexibility index (Phi) is 6.91. The van der Waals surface area contributed by atoms with Gasteiger partial charge < -0.3 is 14.2 Å². The van der Waals surface area contributed by atoms with Crippen LogP contribution in [0.15, 0.2) is 6.07 Å². The molecular formula is C14H23N3O6S. The maximum absolute atomic E-state index is 12.8. The van der Waals surface area contributed by atoms with Crippen LogP contribution >= 0.6 is 0 Å². The molecule has 0 radical (unpaired) electrons. The van der Waals surface area contributed by atoms with Gasteiger partial charge in [0, 0.05) is 7.11 Å². The number of rotatable bonds is 8. The van der Waals surface area contributed by atoms with Crippen LogP contribution < -0.4 is 9.47 Å². The highest BCUT2D eigenvalue weighted by Crippen LogP contribution is 2.28. The molecule has 10 heteroatoms. The van der Waals surface area contributed by atoms with E-state index in [2.05, 4.69) is 9.97 Å². The van der Waals surface area contributed by atoms with Crippen LogP contribution in [0.3, 0.4) is 0 Å². The molecule has 9 nitrogen and oxygen atoms in total. The molecule has 0 saturated heterocycles. The van der Waals surface area contributed by atoms with Gasteiger partial charge in [-0.3, -0.25) is 4.79 Å². The van der Waals surface area contributed by atoms with E-state index in [0.29, 0.717) is 4.31 Å². The van der Waals surface area contributed by atoms with Gasteiger partial charge in [-0.25, -0.2) is 12.7 Å². The quantitative estimate of drug-likeness (QED) is 0.620. The Labute approximate surface area is 142 Å². The van der Waals surface area contributed by atoms with Crippen molar-refractivity contribution < 1.29 is 27.4 Å². The number of hydrogen-bond donors (Lipinski definition) is 0. The number of sulfonamides is 1. The van der Waals surface area contributed by atoms with Crippen molar-refractivity contribution in [2.24, 2.45) is 5.92 Å². The molecule has 0 aliphatic carbocycles. The molecule has 0 aliphatic rings. The van der Waals surface area contributed by atoms with Gasteiger partial charge in [0.1, 0.15) is 18.5 Å². The van der Waals surface area contributed by atoms with Gasteiger partial charge in [-0.2, -0.15) is 9.97 Å². The van der Waals surface area contributed by atoms with Crippen molar-refractivity contribution in [3.8, 4) is 11.8 Å². The lowest BCUT2D eigenvalue weighted by atomic mass is 9.94. The van der Waals surface area contributed by atoms with Crippen molar-refractivity contribution >= 4 is 15.9 Å². The zero-order chi connectivity index (χ0) is 18.5. The first-order chi connectivity index (χ1) is 11.1. The largest absolute Gasteiger partial charge is 0.481 e. The van der Waals surface area contributed by atoms with Crippen LogP contribution in [0.4, 0.5) is 0 Å². The Hall–Kier alpha value is -1.94. The van der Waals surface area contributed by atoms with Crippen LogP contribution in [0, 0.1) is 5.92 Å². The zero-order valence-electron chi connectivity index (χ0n) is 14.6. The number of nitrogens with zero attached hydrogens (tertiary/aromatic N) is 3. The Morgan fingerprint density at radius 2 is 1.67 bits per heavy atom. The van der Waals surface area contributed by atoms with Gasteiger partial charge in [-0.1, -0.05) is 13.8 Å². The van der Waals surface area contributed by atoms with Crippen molar-refractivity contribution in [1.29, 1.82) is 0 Å².